The fraction of sp³-hybridized carbons (Fsp3) is 0.462. The fourth-order valence-corrected chi connectivity index (χ4v) is 3.06. The summed E-state index contributed by atoms with van der Waals surface area (Å²) in [5.74, 6) is -0.488. The summed E-state index contributed by atoms with van der Waals surface area (Å²) in [6, 6.07) is 2.86. The van der Waals surface area contributed by atoms with E-state index >= 15 is 0 Å². The number of hydrogen-bond donors (Lipinski definition) is 2. The highest BCUT2D eigenvalue weighted by atomic mass is 35.5. The molecular weight excluding hydrogens is 255 g/mol. The SMILES string of the molecule is CC12CCCC1Nc1cc(F)c(Cl)cc1NC2=O. The molecule has 0 bridgehead atoms. The van der Waals surface area contributed by atoms with Gasteiger partial charge in [-0.15, -0.1) is 0 Å². The van der Waals surface area contributed by atoms with Gasteiger partial charge in [-0.1, -0.05) is 18.0 Å². The first-order valence-electron chi connectivity index (χ1n) is 6.08. The number of fused-ring (bicyclic) bond motifs is 2. The maximum Gasteiger partial charge on any atom is 0.232 e. The highest BCUT2D eigenvalue weighted by Gasteiger charge is 2.46. The van der Waals surface area contributed by atoms with E-state index in [1.165, 1.54) is 12.1 Å². The lowest BCUT2D eigenvalue weighted by atomic mass is 9.84. The molecule has 2 aliphatic rings. The van der Waals surface area contributed by atoms with Crippen LogP contribution in [-0.4, -0.2) is 11.9 Å². The Hall–Kier alpha value is -1.29. The molecule has 96 valence electrons. The molecule has 18 heavy (non-hydrogen) atoms. The first-order valence-corrected chi connectivity index (χ1v) is 6.45. The zero-order valence-corrected chi connectivity index (χ0v) is 10.8. The number of anilines is 2. The number of carbonyl (C=O) groups excluding carboxylic acids is 1. The van der Waals surface area contributed by atoms with Crippen LogP contribution in [-0.2, 0) is 4.79 Å². The highest BCUT2D eigenvalue weighted by molar-refractivity contribution is 6.31. The number of halogens is 2. The summed E-state index contributed by atoms with van der Waals surface area (Å²) < 4.78 is 13.5. The van der Waals surface area contributed by atoms with Crippen LogP contribution in [0.1, 0.15) is 26.2 Å². The number of nitrogens with one attached hydrogen (secondary N) is 2. The molecule has 0 radical (unpaired) electrons. The molecule has 0 spiro atoms. The second-order valence-corrected chi connectivity index (χ2v) is 5.68. The number of hydrogen-bond acceptors (Lipinski definition) is 2. The van der Waals surface area contributed by atoms with Gasteiger partial charge in [0.25, 0.3) is 0 Å². The summed E-state index contributed by atoms with van der Waals surface area (Å²) in [4.78, 5) is 12.3. The summed E-state index contributed by atoms with van der Waals surface area (Å²) in [5, 5.41) is 6.15. The lowest BCUT2D eigenvalue weighted by molar-refractivity contribution is -0.124. The molecular formula is C13H14ClFN2O. The Morgan fingerprint density at radius 1 is 1.44 bits per heavy atom. The summed E-state index contributed by atoms with van der Waals surface area (Å²) >= 11 is 5.75. The summed E-state index contributed by atoms with van der Waals surface area (Å²) in [6.07, 6.45) is 2.78. The van der Waals surface area contributed by atoms with Crippen molar-refractivity contribution < 1.29 is 9.18 Å². The summed E-state index contributed by atoms with van der Waals surface area (Å²) in [5.41, 5.74) is 0.741. The van der Waals surface area contributed by atoms with Gasteiger partial charge in [0.1, 0.15) is 5.82 Å². The number of benzene rings is 1. The molecule has 0 saturated heterocycles. The van der Waals surface area contributed by atoms with Crippen LogP contribution in [0.3, 0.4) is 0 Å². The average Bonchev–Trinajstić information content (AvgIpc) is 2.64. The minimum absolute atomic E-state index is 0.0149. The summed E-state index contributed by atoms with van der Waals surface area (Å²) in [6.45, 7) is 1.96. The van der Waals surface area contributed by atoms with E-state index in [0.717, 1.165) is 19.3 Å². The fourth-order valence-electron chi connectivity index (χ4n) is 2.89. The van der Waals surface area contributed by atoms with Crippen LogP contribution in [0.5, 0.6) is 0 Å². The van der Waals surface area contributed by atoms with E-state index in [1.807, 2.05) is 6.92 Å². The number of carbonyl (C=O) groups is 1. The van der Waals surface area contributed by atoms with Gasteiger partial charge in [0, 0.05) is 12.1 Å². The van der Waals surface area contributed by atoms with Crippen molar-refractivity contribution in [3.63, 3.8) is 0 Å². The predicted molar refractivity (Wildman–Crippen MR) is 69.4 cm³/mol. The van der Waals surface area contributed by atoms with Gasteiger partial charge >= 0.3 is 0 Å². The molecule has 1 aliphatic heterocycles. The molecule has 1 aromatic carbocycles. The van der Waals surface area contributed by atoms with Gasteiger partial charge in [-0.05, 0) is 25.8 Å². The van der Waals surface area contributed by atoms with Gasteiger partial charge in [0.15, 0.2) is 0 Å². The van der Waals surface area contributed by atoms with Crippen molar-refractivity contribution in [3.05, 3.63) is 23.0 Å². The Labute approximate surface area is 110 Å². The molecule has 1 amide bonds. The minimum atomic E-state index is -0.473. The Kier molecular flexibility index (Phi) is 2.52. The normalized spacial score (nSPS) is 29.9. The third-order valence-electron chi connectivity index (χ3n) is 4.12. The Bertz CT molecular complexity index is 534. The van der Waals surface area contributed by atoms with E-state index in [4.69, 9.17) is 11.6 Å². The minimum Gasteiger partial charge on any atom is -0.379 e. The zero-order chi connectivity index (χ0) is 12.9. The zero-order valence-electron chi connectivity index (χ0n) is 10.0. The molecule has 1 aromatic rings. The van der Waals surface area contributed by atoms with Gasteiger partial charge in [-0.25, -0.2) is 4.39 Å². The summed E-state index contributed by atoms with van der Waals surface area (Å²) in [7, 11) is 0. The standard InChI is InChI=1S/C13H14ClFN2O/c1-13-4-2-3-11(13)16-10-6-8(15)7(14)5-9(10)17-12(13)18/h5-6,11,16H,2-4H2,1H3,(H,17,18). The molecule has 5 heteroatoms. The van der Waals surface area contributed by atoms with Crippen LogP contribution >= 0.6 is 11.6 Å². The highest BCUT2D eigenvalue weighted by Crippen LogP contribution is 2.44. The smallest absolute Gasteiger partial charge is 0.232 e. The molecule has 3 rings (SSSR count). The number of rotatable bonds is 0. The molecule has 0 aromatic heterocycles. The quantitative estimate of drug-likeness (QED) is 0.757. The largest absolute Gasteiger partial charge is 0.379 e. The lowest BCUT2D eigenvalue weighted by Crippen LogP contribution is -2.41. The molecule has 2 N–H and O–H groups in total. The second kappa shape index (κ2) is 3.85. The van der Waals surface area contributed by atoms with Crippen molar-refractivity contribution in [1.29, 1.82) is 0 Å². The molecule has 1 fully saturated rings. The molecule has 3 nitrogen and oxygen atoms in total. The Morgan fingerprint density at radius 3 is 3.00 bits per heavy atom. The van der Waals surface area contributed by atoms with Gasteiger partial charge in [-0.2, -0.15) is 0 Å². The molecule has 2 atom stereocenters. The first kappa shape index (κ1) is 11.8. The van der Waals surface area contributed by atoms with E-state index < -0.39 is 11.2 Å². The first-order chi connectivity index (χ1) is 8.50. The Morgan fingerprint density at radius 2 is 2.22 bits per heavy atom. The molecule has 1 aliphatic carbocycles. The van der Waals surface area contributed by atoms with Crippen LogP contribution in [0, 0.1) is 11.2 Å². The molecule has 2 unspecified atom stereocenters. The van der Waals surface area contributed by atoms with Crippen molar-refractivity contribution >= 4 is 28.9 Å². The second-order valence-electron chi connectivity index (χ2n) is 5.27. The van der Waals surface area contributed by atoms with Crippen LogP contribution in [0.15, 0.2) is 12.1 Å². The average molecular weight is 269 g/mol. The van der Waals surface area contributed by atoms with Gasteiger partial charge in [0.05, 0.1) is 21.8 Å². The van der Waals surface area contributed by atoms with Crippen molar-refractivity contribution in [2.45, 2.75) is 32.2 Å². The molecule has 1 saturated carbocycles. The maximum absolute atomic E-state index is 13.5. The molecule has 1 heterocycles. The van der Waals surface area contributed by atoms with Crippen LogP contribution < -0.4 is 10.6 Å². The van der Waals surface area contributed by atoms with Crippen molar-refractivity contribution in [2.75, 3.05) is 10.6 Å². The van der Waals surface area contributed by atoms with Gasteiger partial charge in [-0.3, -0.25) is 4.79 Å². The van der Waals surface area contributed by atoms with Crippen LogP contribution in [0.2, 0.25) is 5.02 Å². The van der Waals surface area contributed by atoms with E-state index in [2.05, 4.69) is 10.6 Å². The van der Waals surface area contributed by atoms with E-state index in [1.54, 1.807) is 0 Å². The van der Waals surface area contributed by atoms with E-state index in [-0.39, 0.29) is 17.0 Å². The van der Waals surface area contributed by atoms with Gasteiger partial charge < -0.3 is 10.6 Å². The maximum atomic E-state index is 13.5. The van der Waals surface area contributed by atoms with E-state index in [0.29, 0.717) is 11.4 Å². The van der Waals surface area contributed by atoms with Crippen molar-refractivity contribution in [1.82, 2.24) is 0 Å². The lowest BCUT2D eigenvalue weighted by Gasteiger charge is -2.27. The third-order valence-corrected chi connectivity index (χ3v) is 4.40. The van der Waals surface area contributed by atoms with E-state index in [9.17, 15) is 9.18 Å². The van der Waals surface area contributed by atoms with Crippen molar-refractivity contribution in [3.8, 4) is 0 Å². The van der Waals surface area contributed by atoms with Gasteiger partial charge in [0.2, 0.25) is 5.91 Å². The van der Waals surface area contributed by atoms with Crippen LogP contribution in [0.25, 0.3) is 0 Å². The topological polar surface area (TPSA) is 41.1 Å². The Balaban J connectivity index is 2.08. The third kappa shape index (κ3) is 1.59. The predicted octanol–water partition coefficient (Wildman–Crippen LogP) is 3.40. The monoisotopic (exact) mass is 268 g/mol. The number of amides is 1. The van der Waals surface area contributed by atoms with Crippen LogP contribution in [0.4, 0.5) is 15.8 Å². The van der Waals surface area contributed by atoms with Crippen molar-refractivity contribution in [2.24, 2.45) is 5.41 Å².